The van der Waals surface area contributed by atoms with E-state index in [9.17, 15) is 9.59 Å². The highest BCUT2D eigenvalue weighted by Crippen LogP contribution is 2.23. The number of nitrogens with zero attached hydrogens (tertiary/aromatic N) is 1. The predicted octanol–water partition coefficient (Wildman–Crippen LogP) is 1.22. The van der Waals surface area contributed by atoms with E-state index in [1.165, 1.54) is 11.8 Å². The zero-order valence-corrected chi connectivity index (χ0v) is 11.7. The molecule has 1 N–H and O–H groups in total. The van der Waals surface area contributed by atoms with Crippen molar-refractivity contribution < 1.29 is 19.4 Å². The molecule has 0 radical (unpaired) electrons. The maximum atomic E-state index is 11.7. The summed E-state index contributed by atoms with van der Waals surface area (Å²) in [6, 6.07) is 0. The normalized spacial score (nSPS) is 23.0. The number of amides is 1. The SMILES string of the molecule is CCN(CC)C(=O)CSCC1CCC(C(=O)O)O1. The minimum Gasteiger partial charge on any atom is -0.479 e. The van der Waals surface area contributed by atoms with Crippen LogP contribution in [0.15, 0.2) is 0 Å². The van der Waals surface area contributed by atoms with Crippen molar-refractivity contribution in [1.82, 2.24) is 4.90 Å². The Kier molecular flexibility index (Phi) is 6.49. The van der Waals surface area contributed by atoms with E-state index in [-0.39, 0.29) is 12.0 Å². The van der Waals surface area contributed by atoms with Crippen molar-refractivity contribution in [2.75, 3.05) is 24.6 Å². The topological polar surface area (TPSA) is 66.8 Å². The van der Waals surface area contributed by atoms with Crippen LogP contribution in [-0.2, 0) is 14.3 Å². The van der Waals surface area contributed by atoms with Crippen LogP contribution >= 0.6 is 11.8 Å². The Morgan fingerprint density at radius 2 is 2.00 bits per heavy atom. The molecule has 0 bridgehead atoms. The average Bonchev–Trinajstić information content (AvgIpc) is 2.79. The molecule has 104 valence electrons. The number of aliphatic carboxylic acids is 1. The number of carboxylic acid groups (broad SMARTS) is 1. The van der Waals surface area contributed by atoms with Gasteiger partial charge in [-0.1, -0.05) is 0 Å². The monoisotopic (exact) mass is 275 g/mol. The van der Waals surface area contributed by atoms with Crippen molar-refractivity contribution >= 4 is 23.6 Å². The molecule has 1 heterocycles. The zero-order chi connectivity index (χ0) is 13.5. The molecule has 1 amide bonds. The van der Waals surface area contributed by atoms with Crippen LogP contribution in [0.1, 0.15) is 26.7 Å². The number of carboxylic acids is 1. The van der Waals surface area contributed by atoms with Gasteiger partial charge in [-0.25, -0.2) is 4.79 Å². The van der Waals surface area contributed by atoms with Crippen LogP contribution in [0.5, 0.6) is 0 Å². The Hall–Kier alpha value is -0.750. The van der Waals surface area contributed by atoms with Crippen LogP contribution in [0.25, 0.3) is 0 Å². The Morgan fingerprint density at radius 3 is 2.50 bits per heavy atom. The van der Waals surface area contributed by atoms with Crippen molar-refractivity contribution in [2.24, 2.45) is 0 Å². The third kappa shape index (κ3) is 4.49. The van der Waals surface area contributed by atoms with Crippen molar-refractivity contribution in [1.29, 1.82) is 0 Å². The Morgan fingerprint density at radius 1 is 1.33 bits per heavy atom. The van der Waals surface area contributed by atoms with Crippen LogP contribution in [-0.4, -0.2) is 58.7 Å². The van der Waals surface area contributed by atoms with Crippen molar-refractivity contribution in [2.45, 2.75) is 38.9 Å². The van der Waals surface area contributed by atoms with Gasteiger partial charge >= 0.3 is 5.97 Å². The summed E-state index contributed by atoms with van der Waals surface area (Å²) in [7, 11) is 0. The lowest BCUT2D eigenvalue weighted by Crippen LogP contribution is -2.32. The number of hydrogen-bond donors (Lipinski definition) is 1. The van der Waals surface area contributed by atoms with E-state index in [2.05, 4.69) is 0 Å². The molecule has 1 aliphatic heterocycles. The van der Waals surface area contributed by atoms with Gasteiger partial charge in [0, 0.05) is 18.8 Å². The van der Waals surface area contributed by atoms with Gasteiger partial charge in [0.25, 0.3) is 0 Å². The minimum atomic E-state index is -0.887. The lowest BCUT2D eigenvalue weighted by molar-refractivity contribution is -0.148. The molecular formula is C12H21NO4S. The fraction of sp³-hybridized carbons (Fsp3) is 0.833. The van der Waals surface area contributed by atoms with E-state index in [0.717, 1.165) is 19.5 Å². The first-order valence-electron chi connectivity index (χ1n) is 6.32. The molecule has 1 fully saturated rings. The van der Waals surface area contributed by atoms with Crippen molar-refractivity contribution in [3.63, 3.8) is 0 Å². The number of hydrogen-bond acceptors (Lipinski definition) is 4. The van der Waals surface area contributed by atoms with Crippen molar-refractivity contribution in [3.05, 3.63) is 0 Å². The molecule has 1 rings (SSSR count). The summed E-state index contributed by atoms with van der Waals surface area (Å²) >= 11 is 1.52. The van der Waals surface area contributed by atoms with E-state index >= 15 is 0 Å². The summed E-state index contributed by atoms with van der Waals surface area (Å²) in [4.78, 5) is 24.2. The highest BCUT2D eigenvalue weighted by molar-refractivity contribution is 7.99. The second-order valence-corrected chi connectivity index (χ2v) is 5.27. The van der Waals surface area contributed by atoms with Gasteiger partial charge in [0.05, 0.1) is 11.9 Å². The van der Waals surface area contributed by atoms with Gasteiger partial charge in [0.15, 0.2) is 6.10 Å². The van der Waals surface area contributed by atoms with E-state index in [0.29, 0.717) is 17.9 Å². The lowest BCUT2D eigenvalue weighted by atomic mass is 10.2. The first-order chi connectivity index (χ1) is 8.58. The van der Waals surface area contributed by atoms with Crippen LogP contribution in [0.4, 0.5) is 0 Å². The quantitative estimate of drug-likeness (QED) is 0.756. The van der Waals surface area contributed by atoms with Crippen LogP contribution in [0.3, 0.4) is 0 Å². The lowest BCUT2D eigenvalue weighted by Gasteiger charge is -2.18. The molecule has 1 saturated heterocycles. The van der Waals surface area contributed by atoms with Crippen LogP contribution in [0.2, 0.25) is 0 Å². The van der Waals surface area contributed by atoms with Crippen LogP contribution < -0.4 is 0 Å². The summed E-state index contributed by atoms with van der Waals surface area (Å²) in [6.07, 6.45) is 0.656. The Bertz CT molecular complexity index is 294. The molecular weight excluding hydrogens is 254 g/mol. The summed E-state index contributed by atoms with van der Waals surface area (Å²) in [5.41, 5.74) is 0. The second-order valence-electron chi connectivity index (χ2n) is 4.24. The third-order valence-corrected chi connectivity index (χ3v) is 4.09. The first-order valence-corrected chi connectivity index (χ1v) is 7.47. The van der Waals surface area contributed by atoms with Gasteiger partial charge in [0.2, 0.25) is 5.91 Å². The molecule has 5 nitrogen and oxygen atoms in total. The fourth-order valence-corrected chi connectivity index (χ4v) is 2.94. The summed E-state index contributed by atoms with van der Waals surface area (Å²) in [5, 5.41) is 8.79. The number of rotatable bonds is 7. The zero-order valence-electron chi connectivity index (χ0n) is 10.9. The number of carbonyl (C=O) groups is 2. The molecule has 6 heteroatoms. The van der Waals surface area contributed by atoms with Gasteiger partial charge in [-0.3, -0.25) is 4.79 Å². The predicted molar refractivity (Wildman–Crippen MR) is 70.8 cm³/mol. The molecule has 0 aromatic rings. The van der Waals surface area contributed by atoms with Gasteiger partial charge in [-0.15, -0.1) is 11.8 Å². The summed E-state index contributed by atoms with van der Waals surface area (Å²) in [5.74, 6) is 0.385. The molecule has 0 saturated carbocycles. The minimum absolute atomic E-state index is 0.0272. The van der Waals surface area contributed by atoms with Gasteiger partial charge in [-0.2, -0.15) is 0 Å². The van der Waals surface area contributed by atoms with E-state index in [4.69, 9.17) is 9.84 Å². The molecule has 0 aromatic heterocycles. The highest BCUT2D eigenvalue weighted by Gasteiger charge is 2.30. The third-order valence-electron chi connectivity index (χ3n) is 3.03. The number of carbonyl (C=O) groups excluding carboxylic acids is 1. The molecule has 1 aliphatic rings. The molecule has 2 unspecified atom stereocenters. The molecule has 0 aromatic carbocycles. The smallest absolute Gasteiger partial charge is 0.332 e. The molecule has 18 heavy (non-hydrogen) atoms. The molecule has 2 atom stereocenters. The van der Waals surface area contributed by atoms with E-state index < -0.39 is 12.1 Å². The van der Waals surface area contributed by atoms with E-state index in [1.807, 2.05) is 13.8 Å². The summed E-state index contributed by atoms with van der Waals surface area (Å²) < 4.78 is 5.37. The second kappa shape index (κ2) is 7.63. The highest BCUT2D eigenvalue weighted by atomic mass is 32.2. The van der Waals surface area contributed by atoms with Crippen LogP contribution in [0, 0.1) is 0 Å². The maximum Gasteiger partial charge on any atom is 0.332 e. The maximum absolute atomic E-state index is 11.7. The largest absolute Gasteiger partial charge is 0.479 e. The molecule has 0 spiro atoms. The standard InChI is InChI=1S/C12H21NO4S/c1-3-13(4-2)11(14)8-18-7-9-5-6-10(17-9)12(15)16/h9-10H,3-8H2,1-2H3,(H,15,16). The Balaban J connectivity index is 2.19. The van der Waals surface area contributed by atoms with Crippen molar-refractivity contribution in [3.8, 4) is 0 Å². The average molecular weight is 275 g/mol. The van der Waals surface area contributed by atoms with E-state index in [1.54, 1.807) is 4.90 Å². The van der Waals surface area contributed by atoms with Gasteiger partial charge < -0.3 is 14.7 Å². The summed E-state index contributed by atoms with van der Waals surface area (Å²) in [6.45, 7) is 5.39. The fourth-order valence-electron chi connectivity index (χ4n) is 1.96. The first kappa shape index (κ1) is 15.3. The number of ether oxygens (including phenoxy) is 1. The van der Waals surface area contributed by atoms with Gasteiger partial charge in [0.1, 0.15) is 0 Å². The van der Waals surface area contributed by atoms with Gasteiger partial charge in [-0.05, 0) is 26.7 Å². The number of thioether (sulfide) groups is 1. The Labute approximate surface area is 112 Å². The molecule has 0 aliphatic carbocycles.